The maximum Gasteiger partial charge on any atom is 0.132 e. The van der Waals surface area contributed by atoms with Crippen molar-refractivity contribution in [3.05, 3.63) is 35.1 Å². The lowest BCUT2D eigenvalue weighted by molar-refractivity contribution is 0.181. The van der Waals surface area contributed by atoms with Gasteiger partial charge in [-0.1, -0.05) is 18.2 Å². The average molecular weight is 223 g/mol. The Labute approximate surface area is 95.6 Å². The molecule has 1 aliphatic carbocycles. The van der Waals surface area contributed by atoms with E-state index in [9.17, 15) is 4.39 Å². The molecule has 1 aliphatic rings. The smallest absolute Gasteiger partial charge is 0.132 e. The SMILES string of the molecule is COCc1cccc(C2(C(C)N)CC2)c1F. The van der Waals surface area contributed by atoms with Crippen molar-refractivity contribution in [2.45, 2.75) is 37.8 Å². The number of rotatable bonds is 4. The minimum atomic E-state index is -0.140. The van der Waals surface area contributed by atoms with E-state index in [4.69, 9.17) is 10.5 Å². The van der Waals surface area contributed by atoms with Gasteiger partial charge >= 0.3 is 0 Å². The fraction of sp³-hybridized carbons (Fsp3) is 0.538. The van der Waals surface area contributed by atoms with E-state index in [-0.39, 0.29) is 17.3 Å². The van der Waals surface area contributed by atoms with E-state index in [1.54, 1.807) is 13.2 Å². The van der Waals surface area contributed by atoms with Crippen LogP contribution < -0.4 is 5.73 Å². The molecule has 1 atom stereocenters. The molecule has 2 nitrogen and oxygen atoms in total. The fourth-order valence-electron chi connectivity index (χ4n) is 2.34. The van der Waals surface area contributed by atoms with E-state index in [2.05, 4.69) is 0 Å². The first-order chi connectivity index (χ1) is 7.62. The molecule has 0 spiro atoms. The Bertz CT molecular complexity index is 386. The van der Waals surface area contributed by atoms with Crippen LogP contribution in [0.2, 0.25) is 0 Å². The van der Waals surface area contributed by atoms with Crippen LogP contribution in [0.4, 0.5) is 4.39 Å². The van der Waals surface area contributed by atoms with Crippen molar-refractivity contribution in [1.82, 2.24) is 0 Å². The Kier molecular flexibility index (Phi) is 3.00. The van der Waals surface area contributed by atoms with Crippen molar-refractivity contribution in [2.75, 3.05) is 7.11 Å². The summed E-state index contributed by atoms with van der Waals surface area (Å²) in [7, 11) is 1.57. The molecule has 3 heteroatoms. The lowest BCUT2D eigenvalue weighted by Gasteiger charge is -2.21. The maximum absolute atomic E-state index is 14.2. The number of hydrogen-bond acceptors (Lipinski definition) is 2. The van der Waals surface area contributed by atoms with Gasteiger partial charge in [-0.25, -0.2) is 4.39 Å². The highest BCUT2D eigenvalue weighted by Crippen LogP contribution is 2.51. The Morgan fingerprint density at radius 2 is 2.19 bits per heavy atom. The predicted molar refractivity (Wildman–Crippen MR) is 61.7 cm³/mol. The molecule has 0 saturated heterocycles. The number of hydrogen-bond donors (Lipinski definition) is 1. The summed E-state index contributed by atoms with van der Waals surface area (Å²) < 4.78 is 19.2. The van der Waals surface area contributed by atoms with Gasteiger partial charge in [0.2, 0.25) is 0 Å². The van der Waals surface area contributed by atoms with E-state index in [0.29, 0.717) is 12.2 Å². The molecule has 0 aromatic heterocycles. The van der Waals surface area contributed by atoms with Gasteiger partial charge in [-0.3, -0.25) is 0 Å². The quantitative estimate of drug-likeness (QED) is 0.850. The molecule has 1 aromatic carbocycles. The second kappa shape index (κ2) is 4.15. The lowest BCUT2D eigenvalue weighted by atomic mass is 9.88. The topological polar surface area (TPSA) is 35.2 Å². The van der Waals surface area contributed by atoms with Crippen molar-refractivity contribution in [1.29, 1.82) is 0 Å². The number of nitrogens with two attached hydrogens (primary N) is 1. The van der Waals surface area contributed by atoms with Crippen LogP contribution in [0.25, 0.3) is 0 Å². The summed E-state index contributed by atoms with van der Waals surface area (Å²) in [5, 5.41) is 0. The first kappa shape index (κ1) is 11.6. The van der Waals surface area contributed by atoms with Gasteiger partial charge < -0.3 is 10.5 Å². The van der Waals surface area contributed by atoms with E-state index in [1.807, 2.05) is 19.1 Å². The highest BCUT2D eigenvalue weighted by Gasteiger charge is 2.49. The minimum Gasteiger partial charge on any atom is -0.380 e. The Morgan fingerprint density at radius 1 is 1.50 bits per heavy atom. The maximum atomic E-state index is 14.2. The molecule has 0 heterocycles. The van der Waals surface area contributed by atoms with Gasteiger partial charge in [0.25, 0.3) is 0 Å². The number of ether oxygens (including phenoxy) is 1. The summed E-state index contributed by atoms with van der Waals surface area (Å²) in [6.45, 7) is 2.27. The molecular formula is C13H18FNO. The van der Waals surface area contributed by atoms with E-state index in [0.717, 1.165) is 18.4 Å². The van der Waals surface area contributed by atoms with Crippen molar-refractivity contribution in [2.24, 2.45) is 5.73 Å². The van der Waals surface area contributed by atoms with Gasteiger partial charge in [0.05, 0.1) is 6.61 Å². The zero-order chi connectivity index (χ0) is 11.8. The highest BCUT2D eigenvalue weighted by atomic mass is 19.1. The molecule has 1 unspecified atom stereocenters. The molecule has 1 saturated carbocycles. The van der Waals surface area contributed by atoms with E-state index < -0.39 is 0 Å². The Morgan fingerprint density at radius 3 is 2.69 bits per heavy atom. The van der Waals surface area contributed by atoms with Gasteiger partial charge in [-0.05, 0) is 25.3 Å². The first-order valence-electron chi connectivity index (χ1n) is 5.64. The summed E-state index contributed by atoms with van der Waals surface area (Å²) in [4.78, 5) is 0. The molecule has 88 valence electrons. The summed E-state index contributed by atoms with van der Waals surface area (Å²) in [6.07, 6.45) is 1.97. The summed E-state index contributed by atoms with van der Waals surface area (Å²) >= 11 is 0. The van der Waals surface area contributed by atoms with Crippen molar-refractivity contribution in [3.63, 3.8) is 0 Å². The second-order valence-corrected chi connectivity index (χ2v) is 4.66. The Balaban J connectivity index is 2.38. The molecule has 0 aliphatic heterocycles. The van der Waals surface area contributed by atoms with Gasteiger partial charge in [0.15, 0.2) is 0 Å². The van der Waals surface area contributed by atoms with Gasteiger partial charge in [-0.15, -0.1) is 0 Å². The van der Waals surface area contributed by atoms with Crippen LogP contribution in [0.3, 0.4) is 0 Å². The van der Waals surface area contributed by atoms with Crippen molar-refractivity contribution in [3.8, 4) is 0 Å². The van der Waals surface area contributed by atoms with Crippen LogP contribution in [-0.4, -0.2) is 13.2 Å². The predicted octanol–water partition coefficient (Wildman–Crippen LogP) is 2.35. The minimum absolute atomic E-state index is 0.000190. The Hall–Kier alpha value is -0.930. The normalized spacial score (nSPS) is 19.5. The lowest BCUT2D eigenvalue weighted by Crippen LogP contribution is -2.32. The third-order valence-corrected chi connectivity index (χ3v) is 3.58. The molecule has 16 heavy (non-hydrogen) atoms. The van der Waals surface area contributed by atoms with Gasteiger partial charge in [0.1, 0.15) is 5.82 Å². The largest absolute Gasteiger partial charge is 0.380 e. The first-order valence-corrected chi connectivity index (χ1v) is 5.64. The molecular weight excluding hydrogens is 205 g/mol. The number of benzene rings is 1. The second-order valence-electron chi connectivity index (χ2n) is 4.66. The molecule has 0 bridgehead atoms. The molecule has 2 rings (SSSR count). The highest BCUT2D eigenvalue weighted by molar-refractivity contribution is 5.38. The number of methoxy groups -OCH3 is 1. The molecule has 0 amide bonds. The van der Waals surface area contributed by atoms with Gasteiger partial charge in [0, 0.05) is 24.1 Å². The van der Waals surface area contributed by atoms with Crippen molar-refractivity contribution < 1.29 is 9.13 Å². The monoisotopic (exact) mass is 223 g/mol. The molecule has 2 N–H and O–H groups in total. The fourth-order valence-corrected chi connectivity index (χ4v) is 2.34. The van der Waals surface area contributed by atoms with Crippen LogP contribution in [0.5, 0.6) is 0 Å². The van der Waals surface area contributed by atoms with Crippen LogP contribution >= 0.6 is 0 Å². The van der Waals surface area contributed by atoms with Crippen LogP contribution in [-0.2, 0) is 16.8 Å². The van der Waals surface area contributed by atoms with Crippen LogP contribution in [0.15, 0.2) is 18.2 Å². The zero-order valence-corrected chi connectivity index (χ0v) is 9.79. The van der Waals surface area contributed by atoms with Crippen LogP contribution in [0, 0.1) is 5.82 Å². The van der Waals surface area contributed by atoms with E-state index in [1.165, 1.54) is 0 Å². The molecule has 0 radical (unpaired) electrons. The summed E-state index contributed by atoms with van der Waals surface area (Å²) in [5.41, 5.74) is 7.21. The molecule has 1 fully saturated rings. The van der Waals surface area contributed by atoms with Crippen LogP contribution in [0.1, 0.15) is 30.9 Å². The average Bonchev–Trinajstić information content (AvgIpc) is 3.02. The number of halogens is 1. The third-order valence-electron chi connectivity index (χ3n) is 3.58. The third kappa shape index (κ3) is 1.74. The summed E-state index contributed by atoms with van der Waals surface area (Å²) in [6, 6.07) is 5.50. The van der Waals surface area contributed by atoms with E-state index >= 15 is 0 Å². The van der Waals surface area contributed by atoms with Gasteiger partial charge in [-0.2, -0.15) is 0 Å². The molecule has 1 aromatic rings. The zero-order valence-electron chi connectivity index (χ0n) is 9.79. The van der Waals surface area contributed by atoms with Crippen molar-refractivity contribution >= 4 is 0 Å². The standard InChI is InChI=1S/C13H18FNO/c1-9(15)13(6-7-13)11-5-3-4-10(8-16-2)12(11)14/h3-5,9H,6-8,15H2,1-2H3. The summed E-state index contributed by atoms with van der Waals surface area (Å²) in [5.74, 6) is -0.140.